The minimum Gasteiger partial charge on any atom is -0.294 e. The van der Waals surface area contributed by atoms with E-state index in [1.165, 1.54) is 12.1 Å². The summed E-state index contributed by atoms with van der Waals surface area (Å²) in [7, 11) is 0. The number of hydrogen-bond acceptors (Lipinski definition) is 1. The standard InChI is InChI=1S/C9H7Br2FO/c1-2-9(13)5-3-6(10)7(11)4-8(5)12/h3-4H,2H2,1H3. The second kappa shape index (κ2) is 4.33. The summed E-state index contributed by atoms with van der Waals surface area (Å²) in [6.07, 6.45) is 0.311. The van der Waals surface area contributed by atoms with Crippen LogP contribution in [0.15, 0.2) is 21.1 Å². The molecule has 0 radical (unpaired) electrons. The second-order valence-electron chi connectivity index (χ2n) is 2.52. The zero-order valence-electron chi connectivity index (χ0n) is 6.90. The Morgan fingerprint density at radius 2 is 1.92 bits per heavy atom. The highest BCUT2D eigenvalue weighted by atomic mass is 79.9. The Hall–Kier alpha value is -0.220. The fraction of sp³-hybridized carbons (Fsp3) is 0.222. The fourth-order valence-corrected chi connectivity index (χ4v) is 1.59. The van der Waals surface area contributed by atoms with Crippen LogP contribution >= 0.6 is 31.9 Å². The van der Waals surface area contributed by atoms with E-state index in [0.29, 0.717) is 15.4 Å². The lowest BCUT2D eigenvalue weighted by atomic mass is 10.1. The zero-order chi connectivity index (χ0) is 10.0. The summed E-state index contributed by atoms with van der Waals surface area (Å²) in [5.41, 5.74) is 0.137. The van der Waals surface area contributed by atoms with Crippen molar-refractivity contribution in [3.8, 4) is 0 Å². The number of carbonyl (C=O) groups excluding carboxylic acids is 1. The molecule has 0 aliphatic carbocycles. The quantitative estimate of drug-likeness (QED) is 0.597. The van der Waals surface area contributed by atoms with Gasteiger partial charge in [-0.05, 0) is 44.0 Å². The van der Waals surface area contributed by atoms with Gasteiger partial charge in [-0.3, -0.25) is 4.79 Å². The lowest BCUT2D eigenvalue weighted by molar-refractivity contribution is 0.0984. The van der Waals surface area contributed by atoms with Crippen LogP contribution in [-0.4, -0.2) is 5.78 Å². The van der Waals surface area contributed by atoms with E-state index < -0.39 is 5.82 Å². The SMILES string of the molecule is CCC(=O)c1cc(Br)c(Br)cc1F. The van der Waals surface area contributed by atoms with Crippen molar-refractivity contribution in [2.45, 2.75) is 13.3 Å². The zero-order valence-corrected chi connectivity index (χ0v) is 10.1. The molecule has 0 amide bonds. The van der Waals surface area contributed by atoms with Crippen LogP contribution < -0.4 is 0 Å². The molecule has 0 aliphatic rings. The Labute approximate surface area is 92.6 Å². The van der Waals surface area contributed by atoms with Gasteiger partial charge in [-0.1, -0.05) is 6.92 Å². The molecule has 0 bridgehead atoms. The highest BCUT2D eigenvalue weighted by Gasteiger charge is 2.12. The predicted molar refractivity (Wildman–Crippen MR) is 56.4 cm³/mol. The predicted octanol–water partition coefficient (Wildman–Crippen LogP) is 3.94. The van der Waals surface area contributed by atoms with Crippen molar-refractivity contribution in [2.75, 3.05) is 0 Å². The summed E-state index contributed by atoms with van der Waals surface area (Å²) < 4.78 is 14.5. The van der Waals surface area contributed by atoms with E-state index in [-0.39, 0.29) is 11.3 Å². The molecule has 1 aromatic carbocycles. The first-order valence-electron chi connectivity index (χ1n) is 3.74. The third kappa shape index (κ3) is 2.38. The minimum absolute atomic E-state index is 0.137. The van der Waals surface area contributed by atoms with E-state index in [4.69, 9.17) is 0 Å². The Bertz CT molecular complexity index is 350. The van der Waals surface area contributed by atoms with Crippen molar-refractivity contribution in [3.63, 3.8) is 0 Å². The number of ketones is 1. The number of carbonyl (C=O) groups is 1. The van der Waals surface area contributed by atoms with Crippen molar-refractivity contribution in [2.24, 2.45) is 0 Å². The largest absolute Gasteiger partial charge is 0.294 e. The summed E-state index contributed by atoms with van der Waals surface area (Å²) in [5, 5.41) is 0. The molecule has 1 aromatic rings. The van der Waals surface area contributed by atoms with Crippen molar-refractivity contribution < 1.29 is 9.18 Å². The highest BCUT2D eigenvalue weighted by molar-refractivity contribution is 9.13. The van der Waals surface area contributed by atoms with Crippen LogP contribution in [0, 0.1) is 5.82 Å². The first-order valence-corrected chi connectivity index (χ1v) is 5.32. The number of hydrogen-bond donors (Lipinski definition) is 0. The molecule has 0 fully saturated rings. The number of rotatable bonds is 2. The Morgan fingerprint density at radius 1 is 1.38 bits per heavy atom. The average Bonchev–Trinajstić information content (AvgIpc) is 2.10. The minimum atomic E-state index is -0.484. The van der Waals surface area contributed by atoms with Crippen LogP contribution in [0.25, 0.3) is 0 Å². The van der Waals surface area contributed by atoms with Crippen LogP contribution in [0.1, 0.15) is 23.7 Å². The normalized spacial score (nSPS) is 10.2. The van der Waals surface area contributed by atoms with E-state index in [1.807, 2.05) is 0 Å². The van der Waals surface area contributed by atoms with Crippen LogP contribution in [0.5, 0.6) is 0 Å². The third-order valence-corrected chi connectivity index (χ3v) is 3.48. The van der Waals surface area contributed by atoms with Crippen molar-refractivity contribution in [1.29, 1.82) is 0 Å². The van der Waals surface area contributed by atoms with Gasteiger partial charge in [0.25, 0.3) is 0 Å². The van der Waals surface area contributed by atoms with Gasteiger partial charge in [-0.25, -0.2) is 4.39 Å². The molecule has 70 valence electrons. The molecule has 0 unspecified atom stereocenters. The Kier molecular flexibility index (Phi) is 3.62. The Balaban J connectivity index is 3.23. The molecular weight excluding hydrogens is 303 g/mol. The summed E-state index contributed by atoms with van der Waals surface area (Å²) >= 11 is 6.36. The van der Waals surface area contributed by atoms with Gasteiger partial charge in [0.1, 0.15) is 5.82 Å². The van der Waals surface area contributed by atoms with Gasteiger partial charge in [0, 0.05) is 15.4 Å². The lowest BCUT2D eigenvalue weighted by Gasteiger charge is -2.02. The molecule has 4 heteroatoms. The van der Waals surface area contributed by atoms with Crippen LogP contribution in [0.3, 0.4) is 0 Å². The third-order valence-electron chi connectivity index (χ3n) is 1.63. The van der Waals surface area contributed by atoms with Crippen LogP contribution in [-0.2, 0) is 0 Å². The maximum absolute atomic E-state index is 13.2. The molecule has 13 heavy (non-hydrogen) atoms. The van der Waals surface area contributed by atoms with E-state index in [1.54, 1.807) is 6.92 Å². The molecular formula is C9H7Br2FO. The van der Waals surface area contributed by atoms with Crippen LogP contribution in [0.4, 0.5) is 4.39 Å². The summed E-state index contributed by atoms with van der Waals surface area (Å²) in [5.74, 6) is -0.673. The Morgan fingerprint density at radius 3 is 2.46 bits per heavy atom. The molecule has 0 saturated heterocycles. The maximum Gasteiger partial charge on any atom is 0.165 e. The van der Waals surface area contributed by atoms with Crippen molar-refractivity contribution >= 4 is 37.6 Å². The summed E-state index contributed by atoms with van der Waals surface area (Å²) in [4.78, 5) is 11.2. The number of benzene rings is 1. The summed E-state index contributed by atoms with van der Waals surface area (Å²) in [6.45, 7) is 1.71. The average molecular weight is 310 g/mol. The molecule has 0 N–H and O–H groups in total. The van der Waals surface area contributed by atoms with Gasteiger partial charge >= 0.3 is 0 Å². The van der Waals surface area contributed by atoms with E-state index in [9.17, 15) is 9.18 Å². The smallest absolute Gasteiger partial charge is 0.165 e. The van der Waals surface area contributed by atoms with E-state index in [0.717, 1.165) is 0 Å². The van der Waals surface area contributed by atoms with Gasteiger partial charge < -0.3 is 0 Å². The molecule has 1 nitrogen and oxygen atoms in total. The first-order chi connectivity index (χ1) is 6.06. The topological polar surface area (TPSA) is 17.1 Å². The molecule has 0 aliphatic heterocycles. The van der Waals surface area contributed by atoms with E-state index in [2.05, 4.69) is 31.9 Å². The lowest BCUT2D eigenvalue weighted by Crippen LogP contribution is -2.00. The van der Waals surface area contributed by atoms with Gasteiger partial charge in [0.2, 0.25) is 0 Å². The number of halogens is 3. The van der Waals surface area contributed by atoms with E-state index >= 15 is 0 Å². The summed E-state index contributed by atoms with van der Waals surface area (Å²) in [6, 6.07) is 2.78. The van der Waals surface area contributed by atoms with Gasteiger partial charge in [0.15, 0.2) is 5.78 Å². The molecule has 0 atom stereocenters. The highest BCUT2D eigenvalue weighted by Crippen LogP contribution is 2.26. The molecule has 0 saturated carbocycles. The molecule has 0 heterocycles. The van der Waals surface area contributed by atoms with Gasteiger partial charge in [0.05, 0.1) is 5.56 Å². The van der Waals surface area contributed by atoms with Crippen molar-refractivity contribution in [1.82, 2.24) is 0 Å². The number of Topliss-reactive ketones (excluding diaryl/α,β-unsaturated/α-hetero) is 1. The molecule has 1 rings (SSSR count). The van der Waals surface area contributed by atoms with Crippen molar-refractivity contribution in [3.05, 3.63) is 32.5 Å². The second-order valence-corrected chi connectivity index (χ2v) is 4.23. The fourth-order valence-electron chi connectivity index (χ4n) is 0.927. The maximum atomic E-state index is 13.2. The monoisotopic (exact) mass is 308 g/mol. The first kappa shape index (κ1) is 10.9. The molecule has 0 spiro atoms. The van der Waals surface area contributed by atoms with Gasteiger partial charge in [-0.2, -0.15) is 0 Å². The van der Waals surface area contributed by atoms with Gasteiger partial charge in [-0.15, -0.1) is 0 Å². The molecule has 0 aromatic heterocycles. The van der Waals surface area contributed by atoms with Crippen LogP contribution in [0.2, 0.25) is 0 Å².